The standard InChI is InChI=1S/C13H15F5N2O/c14-9-8(10(15)12(17)13(18)11(9)16)7-20-3-1-19(2-4-20)5-6-21/h21H,1-7H2. The highest BCUT2D eigenvalue weighted by Gasteiger charge is 2.27. The quantitative estimate of drug-likeness (QED) is 0.519. The molecule has 1 aromatic carbocycles. The maximum atomic E-state index is 13.6. The van der Waals surface area contributed by atoms with Gasteiger partial charge in [0.05, 0.1) is 6.61 Å². The van der Waals surface area contributed by atoms with Gasteiger partial charge in [-0.1, -0.05) is 0 Å². The fourth-order valence-electron chi connectivity index (χ4n) is 2.33. The third-order valence-electron chi connectivity index (χ3n) is 3.56. The van der Waals surface area contributed by atoms with E-state index in [2.05, 4.69) is 0 Å². The van der Waals surface area contributed by atoms with Crippen molar-refractivity contribution in [3.05, 3.63) is 34.6 Å². The van der Waals surface area contributed by atoms with Gasteiger partial charge in [-0.25, -0.2) is 22.0 Å². The number of aliphatic hydroxyl groups is 1. The van der Waals surface area contributed by atoms with E-state index >= 15 is 0 Å². The number of rotatable bonds is 4. The summed E-state index contributed by atoms with van der Waals surface area (Å²) in [6, 6.07) is 0. The molecule has 21 heavy (non-hydrogen) atoms. The van der Waals surface area contributed by atoms with Gasteiger partial charge in [0.25, 0.3) is 0 Å². The molecule has 0 spiro atoms. The molecule has 0 atom stereocenters. The molecule has 1 aromatic rings. The molecular weight excluding hydrogens is 295 g/mol. The maximum Gasteiger partial charge on any atom is 0.200 e. The zero-order valence-corrected chi connectivity index (χ0v) is 11.2. The molecule has 0 aliphatic carbocycles. The minimum atomic E-state index is -2.14. The summed E-state index contributed by atoms with van der Waals surface area (Å²) in [5, 5.41) is 8.81. The van der Waals surface area contributed by atoms with E-state index in [0.29, 0.717) is 32.7 Å². The molecule has 1 N–H and O–H groups in total. The molecule has 1 saturated heterocycles. The van der Waals surface area contributed by atoms with E-state index in [1.807, 2.05) is 4.90 Å². The van der Waals surface area contributed by atoms with Crippen LogP contribution in [-0.4, -0.2) is 54.2 Å². The third kappa shape index (κ3) is 3.33. The number of piperazine rings is 1. The summed E-state index contributed by atoms with van der Waals surface area (Å²) in [5.74, 6) is -9.51. The predicted octanol–water partition coefficient (Wildman–Crippen LogP) is 1.49. The highest BCUT2D eigenvalue weighted by molar-refractivity contribution is 5.24. The molecule has 0 bridgehead atoms. The molecule has 0 unspecified atom stereocenters. The molecule has 0 saturated carbocycles. The second-order valence-electron chi connectivity index (χ2n) is 4.89. The predicted molar refractivity (Wildman–Crippen MR) is 65.0 cm³/mol. The van der Waals surface area contributed by atoms with Crippen LogP contribution in [-0.2, 0) is 6.54 Å². The number of β-amino-alcohol motifs (C(OH)–C–C–N with tert-alkyl or cyclic N) is 1. The Balaban J connectivity index is 2.11. The summed E-state index contributed by atoms with van der Waals surface area (Å²) in [7, 11) is 0. The van der Waals surface area contributed by atoms with Crippen LogP contribution in [0.1, 0.15) is 5.56 Å². The number of hydrogen-bond donors (Lipinski definition) is 1. The van der Waals surface area contributed by atoms with Crippen molar-refractivity contribution in [3.8, 4) is 0 Å². The van der Waals surface area contributed by atoms with Gasteiger partial charge in [0.2, 0.25) is 5.82 Å². The van der Waals surface area contributed by atoms with E-state index in [0.717, 1.165) is 0 Å². The highest BCUT2D eigenvalue weighted by Crippen LogP contribution is 2.24. The van der Waals surface area contributed by atoms with Crippen LogP contribution in [0.15, 0.2) is 0 Å². The zero-order chi connectivity index (χ0) is 15.6. The average Bonchev–Trinajstić information content (AvgIpc) is 2.49. The minimum absolute atomic E-state index is 0.0115. The van der Waals surface area contributed by atoms with Crippen LogP contribution in [0.3, 0.4) is 0 Å². The van der Waals surface area contributed by atoms with E-state index in [4.69, 9.17) is 5.11 Å². The lowest BCUT2D eigenvalue weighted by molar-refractivity contribution is 0.106. The van der Waals surface area contributed by atoms with Gasteiger partial charge in [-0.05, 0) is 0 Å². The van der Waals surface area contributed by atoms with Crippen LogP contribution in [0, 0.1) is 29.1 Å². The molecule has 0 aromatic heterocycles. The molecule has 118 valence electrons. The molecule has 1 aliphatic heterocycles. The Hall–Kier alpha value is -1.25. The van der Waals surface area contributed by atoms with Crippen molar-refractivity contribution in [2.24, 2.45) is 0 Å². The number of halogens is 5. The number of benzene rings is 1. The third-order valence-corrected chi connectivity index (χ3v) is 3.56. The molecule has 0 radical (unpaired) electrons. The first-order chi connectivity index (χ1) is 9.95. The first-order valence-corrected chi connectivity index (χ1v) is 6.51. The van der Waals surface area contributed by atoms with Gasteiger partial charge in [0, 0.05) is 44.8 Å². The van der Waals surface area contributed by atoms with Crippen molar-refractivity contribution in [2.45, 2.75) is 6.54 Å². The summed E-state index contributed by atoms with van der Waals surface area (Å²) in [6.45, 7) is 2.16. The lowest BCUT2D eigenvalue weighted by Gasteiger charge is -2.34. The fraction of sp³-hybridized carbons (Fsp3) is 0.538. The molecular formula is C13H15F5N2O. The average molecular weight is 310 g/mol. The van der Waals surface area contributed by atoms with Crippen molar-refractivity contribution in [1.29, 1.82) is 0 Å². The Morgan fingerprint density at radius 1 is 0.714 bits per heavy atom. The monoisotopic (exact) mass is 310 g/mol. The van der Waals surface area contributed by atoms with Gasteiger partial charge in [0.1, 0.15) is 0 Å². The molecule has 1 heterocycles. The van der Waals surface area contributed by atoms with Crippen LogP contribution in [0.5, 0.6) is 0 Å². The first kappa shape index (κ1) is 16.1. The lowest BCUT2D eigenvalue weighted by Crippen LogP contribution is -2.46. The second kappa shape index (κ2) is 6.67. The van der Waals surface area contributed by atoms with Crippen LogP contribution >= 0.6 is 0 Å². The number of aliphatic hydroxyl groups excluding tert-OH is 1. The summed E-state index contributed by atoms with van der Waals surface area (Å²) in [5.41, 5.74) is -0.804. The topological polar surface area (TPSA) is 26.7 Å². The van der Waals surface area contributed by atoms with E-state index in [-0.39, 0.29) is 13.2 Å². The van der Waals surface area contributed by atoms with Gasteiger partial charge < -0.3 is 5.11 Å². The van der Waals surface area contributed by atoms with E-state index in [1.54, 1.807) is 4.90 Å². The smallest absolute Gasteiger partial charge is 0.200 e. The SMILES string of the molecule is OCCN1CCN(Cc2c(F)c(F)c(F)c(F)c2F)CC1. The van der Waals surface area contributed by atoms with E-state index < -0.39 is 34.6 Å². The van der Waals surface area contributed by atoms with Crippen LogP contribution < -0.4 is 0 Å². The molecule has 8 heteroatoms. The second-order valence-corrected chi connectivity index (χ2v) is 4.89. The molecule has 3 nitrogen and oxygen atoms in total. The Kier molecular flexibility index (Phi) is 5.13. The Morgan fingerprint density at radius 2 is 1.14 bits per heavy atom. The Labute approximate surface area is 118 Å². The van der Waals surface area contributed by atoms with Crippen LogP contribution in [0.25, 0.3) is 0 Å². The van der Waals surface area contributed by atoms with Crippen molar-refractivity contribution < 1.29 is 27.1 Å². The van der Waals surface area contributed by atoms with Crippen LogP contribution in [0.4, 0.5) is 22.0 Å². The number of hydrogen-bond acceptors (Lipinski definition) is 3. The van der Waals surface area contributed by atoms with Crippen molar-refractivity contribution in [1.82, 2.24) is 9.80 Å². The maximum absolute atomic E-state index is 13.6. The van der Waals surface area contributed by atoms with Gasteiger partial charge in [0.15, 0.2) is 23.3 Å². The van der Waals surface area contributed by atoms with E-state index in [1.165, 1.54) is 0 Å². The zero-order valence-electron chi connectivity index (χ0n) is 11.2. The summed E-state index contributed by atoms with van der Waals surface area (Å²) < 4.78 is 66.3. The summed E-state index contributed by atoms with van der Waals surface area (Å²) >= 11 is 0. The van der Waals surface area contributed by atoms with Crippen molar-refractivity contribution in [3.63, 3.8) is 0 Å². The number of nitrogens with zero attached hydrogens (tertiary/aromatic N) is 2. The normalized spacial score (nSPS) is 17.4. The van der Waals surface area contributed by atoms with Crippen LogP contribution in [0.2, 0.25) is 0 Å². The minimum Gasteiger partial charge on any atom is -0.395 e. The molecule has 2 rings (SSSR count). The Bertz CT molecular complexity index is 489. The highest BCUT2D eigenvalue weighted by atomic mass is 19.2. The van der Waals surface area contributed by atoms with Gasteiger partial charge >= 0.3 is 0 Å². The first-order valence-electron chi connectivity index (χ1n) is 6.51. The summed E-state index contributed by atoms with van der Waals surface area (Å²) in [4.78, 5) is 3.57. The van der Waals surface area contributed by atoms with Gasteiger partial charge in [-0.2, -0.15) is 0 Å². The van der Waals surface area contributed by atoms with Crippen molar-refractivity contribution in [2.75, 3.05) is 39.3 Å². The van der Waals surface area contributed by atoms with Gasteiger partial charge in [-0.15, -0.1) is 0 Å². The molecule has 1 aliphatic rings. The van der Waals surface area contributed by atoms with E-state index in [9.17, 15) is 22.0 Å². The van der Waals surface area contributed by atoms with Gasteiger partial charge in [-0.3, -0.25) is 9.80 Å². The molecule has 0 amide bonds. The largest absolute Gasteiger partial charge is 0.395 e. The fourth-order valence-corrected chi connectivity index (χ4v) is 2.33. The summed E-state index contributed by atoms with van der Waals surface area (Å²) in [6.07, 6.45) is 0. The molecule has 1 fully saturated rings. The Morgan fingerprint density at radius 3 is 1.62 bits per heavy atom. The van der Waals surface area contributed by atoms with Crippen molar-refractivity contribution >= 4 is 0 Å². The lowest BCUT2D eigenvalue weighted by atomic mass is 10.1.